The molecule has 7 nitrogen and oxygen atoms in total. The topological polar surface area (TPSA) is 61.2 Å². The maximum absolute atomic E-state index is 16.0. The smallest absolute Gasteiger partial charge is 0.155 e. The number of alkyl halides is 1. The Kier molecular flexibility index (Phi) is 7.88. The molecule has 1 atom stereocenters. The van der Waals surface area contributed by atoms with E-state index in [2.05, 4.69) is 25.0 Å². The van der Waals surface area contributed by atoms with Gasteiger partial charge in [0.2, 0.25) is 0 Å². The molecule has 2 aliphatic heterocycles. The van der Waals surface area contributed by atoms with Crippen molar-refractivity contribution in [1.82, 2.24) is 24.4 Å². The predicted molar refractivity (Wildman–Crippen MR) is 155 cm³/mol. The van der Waals surface area contributed by atoms with E-state index in [4.69, 9.17) is 11.6 Å². The second-order valence-corrected chi connectivity index (χ2v) is 11.1. The Balaban J connectivity index is 1.38. The second kappa shape index (κ2) is 11.7. The summed E-state index contributed by atoms with van der Waals surface area (Å²) < 4.78 is 51.2. The van der Waals surface area contributed by atoms with Gasteiger partial charge in [-0.3, -0.25) is 4.98 Å². The maximum atomic E-state index is 16.0. The quantitative estimate of drug-likeness (QED) is 0.260. The van der Waals surface area contributed by atoms with Crippen molar-refractivity contribution in [3.63, 3.8) is 0 Å². The Hall–Kier alpha value is -3.25. The normalized spacial score (nSPS) is 17.9. The van der Waals surface area contributed by atoms with Gasteiger partial charge in [-0.2, -0.15) is 5.10 Å². The molecule has 0 aliphatic carbocycles. The first-order valence-electron chi connectivity index (χ1n) is 13.0. The molecular formula is C28H27ClF3N7S. The zero-order valence-electron chi connectivity index (χ0n) is 21.5. The zero-order valence-corrected chi connectivity index (χ0v) is 23.0. The molecule has 2 N–H and O–H groups in total. The van der Waals surface area contributed by atoms with Gasteiger partial charge >= 0.3 is 0 Å². The van der Waals surface area contributed by atoms with Gasteiger partial charge in [0.1, 0.15) is 17.6 Å². The van der Waals surface area contributed by atoms with Crippen molar-refractivity contribution in [1.29, 1.82) is 0 Å². The van der Waals surface area contributed by atoms with Gasteiger partial charge in [0.15, 0.2) is 11.6 Å². The summed E-state index contributed by atoms with van der Waals surface area (Å²) in [4.78, 5) is 6.21. The van der Waals surface area contributed by atoms with E-state index in [0.29, 0.717) is 34.8 Å². The molecule has 2 aromatic carbocycles. The monoisotopic (exact) mass is 585 g/mol. The summed E-state index contributed by atoms with van der Waals surface area (Å²) in [5.41, 5.74) is 2.99. The number of pyridine rings is 1. The Morgan fingerprint density at radius 3 is 2.52 bits per heavy atom. The molecule has 4 aromatic rings. The number of piperazine rings is 1. The van der Waals surface area contributed by atoms with E-state index in [1.54, 1.807) is 41.1 Å². The molecule has 1 unspecified atom stereocenters. The van der Waals surface area contributed by atoms with E-state index in [1.807, 2.05) is 6.07 Å². The summed E-state index contributed by atoms with van der Waals surface area (Å²) in [5.74, 6) is -0.981. The average molecular weight is 586 g/mol. The third-order valence-electron chi connectivity index (χ3n) is 7.03. The minimum absolute atomic E-state index is 0.162. The predicted octanol–water partition coefficient (Wildman–Crippen LogP) is 5.96. The van der Waals surface area contributed by atoms with Crippen molar-refractivity contribution >= 4 is 35.1 Å². The van der Waals surface area contributed by atoms with Crippen molar-refractivity contribution in [3.05, 3.63) is 77.7 Å². The van der Waals surface area contributed by atoms with Crippen LogP contribution in [0.5, 0.6) is 0 Å². The highest BCUT2D eigenvalue weighted by Crippen LogP contribution is 2.39. The number of nitrogens with zero attached hydrogens (tertiary/aromatic N) is 5. The van der Waals surface area contributed by atoms with Crippen molar-refractivity contribution in [2.24, 2.45) is 0 Å². The molecule has 0 radical (unpaired) electrons. The van der Waals surface area contributed by atoms with Gasteiger partial charge in [-0.1, -0.05) is 11.6 Å². The van der Waals surface area contributed by atoms with Crippen LogP contribution in [0.1, 0.15) is 6.42 Å². The van der Waals surface area contributed by atoms with Crippen LogP contribution in [-0.2, 0) is 0 Å². The molecule has 0 amide bonds. The fourth-order valence-electron chi connectivity index (χ4n) is 4.96. The lowest BCUT2D eigenvalue weighted by Crippen LogP contribution is -2.43. The standard InChI is InChI=1S/C28H27ClF3N7S/c29-19-13-22(27(32)25(14-19)36-40-38-10-5-20(30)16-38)23-17-39(35-28(23)18-3-6-33-7-4-18)26-2-1-21(15-24(26)31)37-11-8-34-9-12-37/h1-4,6-7,13-15,17,20,34,36H,5,8-12,16H2. The SMILES string of the molecule is Fc1cc(N2CCNCC2)ccc1-n1cc(-c2cc(Cl)cc(NSN3CCC(F)C3)c2F)c(-c2ccncc2)n1. The summed E-state index contributed by atoms with van der Waals surface area (Å²) in [6.07, 6.45) is 4.40. The second-order valence-electron chi connectivity index (χ2n) is 9.73. The highest BCUT2D eigenvalue weighted by Gasteiger charge is 2.25. The van der Waals surface area contributed by atoms with E-state index in [0.717, 1.165) is 44.0 Å². The lowest BCUT2D eigenvalue weighted by molar-refractivity contribution is 0.349. The van der Waals surface area contributed by atoms with Gasteiger partial charge in [0.05, 0.1) is 5.69 Å². The molecule has 2 fully saturated rings. The van der Waals surface area contributed by atoms with Crippen LogP contribution < -0.4 is 14.9 Å². The molecule has 12 heteroatoms. The van der Waals surface area contributed by atoms with Gasteiger partial charge in [-0.05, 0) is 48.9 Å². The Morgan fingerprint density at radius 2 is 1.80 bits per heavy atom. The molecule has 40 heavy (non-hydrogen) atoms. The van der Waals surface area contributed by atoms with Crippen LogP contribution in [0.2, 0.25) is 5.02 Å². The minimum Gasteiger partial charge on any atom is -0.369 e. The maximum Gasteiger partial charge on any atom is 0.155 e. The van der Waals surface area contributed by atoms with Gasteiger partial charge in [-0.15, -0.1) is 0 Å². The Bertz CT molecular complexity index is 1500. The largest absolute Gasteiger partial charge is 0.369 e. The molecule has 2 aliphatic rings. The van der Waals surface area contributed by atoms with Gasteiger partial charge < -0.3 is 14.9 Å². The first-order chi connectivity index (χ1) is 19.5. The van der Waals surface area contributed by atoms with E-state index in [1.165, 1.54) is 22.9 Å². The fourth-order valence-corrected chi connectivity index (χ4v) is 5.99. The number of benzene rings is 2. The zero-order chi connectivity index (χ0) is 27.6. The van der Waals surface area contributed by atoms with Crippen LogP contribution in [0.25, 0.3) is 28.1 Å². The molecular weight excluding hydrogens is 559 g/mol. The Labute approximate surface area is 239 Å². The van der Waals surface area contributed by atoms with Crippen LogP contribution in [-0.4, -0.2) is 64.5 Å². The number of aromatic nitrogens is 3. The highest BCUT2D eigenvalue weighted by molar-refractivity contribution is 7.98. The van der Waals surface area contributed by atoms with Crippen LogP contribution in [0.4, 0.5) is 24.5 Å². The van der Waals surface area contributed by atoms with Crippen LogP contribution in [0.15, 0.2) is 61.1 Å². The molecule has 0 saturated carbocycles. The summed E-state index contributed by atoms with van der Waals surface area (Å²) >= 11 is 7.58. The van der Waals surface area contributed by atoms with Crippen molar-refractivity contribution in [2.75, 3.05) is 48.9 Å². The first kappa shape index (κ1) is 26.9. The molecule has 208 valence electrons. The summed E-state index contributed by atoms with van der Waals surface area (Å²) in [6, 6.07) is 11.6. The van der Waals surface area contributed by atoms with Gasteiger partial charge in [-0.25, -0.2) is 22.2 Å². The number of rotatable bonds is 7. The summed E-state index contributed by atoms with van der Waals surface area (Å²) in [5, 5.41) is 8.29. The molecule has 2 saturated heterocycles. The molecule has 4 heterocycles. The Morgan fingerprint density at radius 1 is 1.00 bits per heavy atom. The lowest BCUT2D eigenvalue weighted by atomic mass is 10.0. The first-order valence-corrected chi connectivity index (χ1v) is 14.2. The average Bonchev–Trinajstić information content (AvgIpc) is 3.60. The fraction of sp³-hybridized carbons (Fsp3) is 0.286. The van der Waals surface area contributed by atoms with E-state index < -0.39 is 17.8 Å². The van der Waals surface area contributed by atoms with Crippen LogP contribution in [0, 0.1) is 11.6 Å². The van der Waals surface area contributed by atoms with Crippen LogP contribution in [0.3, 0.4) is 0 Å². The number of halogens is 4. The number of hydrogen-bond acceptors (Lipinski definition) is 7. The molecule has 2 aromatic heterocycles. The van der Waals surface area contributed by atoms with E-state index in [9.17, 15) is 4.39 Å². The number of nitrogens with one attached hydrogen (secondary N) is 2. The van der Waals surface area contributed by atoms with Crippen molar-refractivity contribution < 1.29 is 13.2 Å². The van der Waals surface area contributed by atoms with Gasteiger partial charge in [0.25, 0.3) is 0 Å². The van der Waals surface area contributed by atoms with Crippen molar-refractivity contribution in [3.8, 4) is 28.1 Å². The summed E-state index contributed by atoms with van der Waals surface area (Å²) in [7, 11) is 0. The third-order valence-corrected chi connectivity index (χ3v) is 8.15. The molecule has 6 rings (SSSR count). The minimum atomic E-state index is -0.894. The summed E-state index contributed by atoms with van der Waals surface area (Å²) in [6.45, 7) is 4.11. The highest BCUT2D eigenvalue weighted by atomic mass is 35.5. The number of anilines is 2. The lowest BCUT2D eigenvalue weighted by Gasteiger charge is -2.29. The number of hydrogen-bond donors (Lipinski definition) is 2. The van der Waals surface area contributed by atoms with Gasteiger partial charge in [0, 0.05) is 97.4 Å². The van der Waals surface area contributed by atoms with E-state index >= 15 is 8.78 Å². The molecule has 0 bridgehead atoms. The molecule has 0 spiro atoms. The van der Waals surface area contributed by atoms with Crippen molar-refractivity contribution in [2.45, 2.75) is 12.6 Å². The van der Waals surface area contributed by atoms with E-state index in [-0.39, 0.29) is 23.5 Å². The third kappa shape index (κ3) is 5.64. The van der Waals surface area contributed by atoms with Crippen LogP contribution >= 0.6 is 23.7 Å².